The molecule has 0 bridgehead atoms. The maximum absolute atomic E-state index is 5.43. The predicted octanol–water partition coefficient (Wildman–Crippen LogP) is 4.87. The highest BCUT2D eigenvalue weighted by Crippen LogP contribution is 2.14. The minimum absolute atomic E-state index is 0.746. The van der Waals surface area contributed by atoms with Crippen molar-refractivity contribution in [3.8, 4) is 0 Å². The van der Waals surface area contributed by atoms with Crippen LogP contribution >= 0.6 is 0 Å². The van der Waals surface area contributed by atoms with Gasteiger partial charge in [-0.1, -0.05) is 51.9 Å². The van der Waals surface area contributed by atoms with Crippen LogP contribution in [0.5, 0.6) is 0 Å². The molecule has 0 aromatic rings. The van der Waals surface area contributed by atoms with Crippen molar-refractivity contribution in [1.82, 2.24) is 4.90 Å². The Balaban J connectivity index is 3.48. The molecule has 2 heteroatoms. The number of rotatable bonds is 14. The van der Waals surface area contributed by atoms with Crippen molar-refractivity contribution in [1.29, 1.82) is 0 Å². The molecule has 0 saturated carbocycles. The molecule has 0 heterocycles. The maximum atomic E-state index is 5.43. The zero-order valence-corrected chi connectivity index (χ0v) is 13.9. The highest BCUT2D eigenvalue weighted by atomic mass is 16.5. The summed E-state index contributed by atoms with van der Waals surface area (Å²) < 4.78 is 5.43. The van der Waals surface area contributed by atoms with E-state index in [1.54, 1.807) is 0 Å². The third kappa shape index (κ3) is 12.7. The first kappa shape index (κ1) is 18.9. The fourth-order valence-corrected chi connectivity index (χ4v) is 2.56. The first-order valence-corrected chi connectivity index (χ1v) is 8.46. The number of ether oxygens (including phenoxy) is 1. The van der Waals surface area contributed by atoms with E-state index in [4.69, 9.17) is 4.74 Å². The molecule has 1 atom stereocenters. The van der Waals surface area contributed by atoms with E-state index in [1.165, 1.54) is 64.2 Å². The van der Waals surface area contributed by atoms with Crippen LogP contribution in [0.3, 0.4) is 0 Å². The van der Waals surface area contributed by atoms with Gasteiger partial charge in [-0.05, 0) is 40.3 Å². The van der Waals surface area contributed by atoms with Gasteiger partial charge < -0.3 is 9.64 Å². The molecule has 2 nitrogen and oxygen atoms in total. The molecule has 0 N–H and O–H groups in total. The monoisotopic (exact) mass is 271 g/mol. The summed E-state index contributed by atoms with van der Waals surface area (Å²) in [5, 5.41) is 0. The van der Waals surface area contributed by atoms with Crippen LogP contribution in [-0.4, -0.2) is 38.3 Å². The van der Waals surface area contributed by atoms with Crippen LogP contribution in [0.25, 0.3) is 0 Å². The second-order valence-corrected chi connectivity index (χ2v) is 5.87. The van der Waals surface area contributed by atoms with Gasteiger partial charge in [-0.15, -0.1) is 0 Å². The Hall–Kier alpha value is -0.0800. The van der Waals surface area contributed by atoms with Crippen molar-refractivity contribution in [3.05, 3.63) is 0 Å². The lowest BCUT2D eigenvalue weighted by Gasteiger charge is -2.24. The summed E-state index contributed by atoms with van der Waals surface area (Å²) in [4.78, 5) is 2.39. The van der Waals surface area contributed by atoms with Gasteiger partial charge >= 0.3 is 0 Å². The van der Waals surface area contributed by atoms with E-state index in [0.29, 0.717) is 0 Å². The molecule has 0 aliphatic heterocycles. The van der Waals surface area contributed by atoms with E-state index in [0.717, 1.165) is 19.3 Å². The summed E-state index contributed by atoms with van der Waals surface area (Å²) in [6, 6.07) is 0.746. The van der Waals surface area contributed by atoms with Crippen LogP contribution < -0.4 is 0 Å². The Labute approximate surface area is 121 Å². The second kappa shape index (κ2) is 14.3. The molecule has 0 aromatic heterocycles. The highest BCUT2D eigenvalue weighted by molar-refractivity contribution is 4.66. The molecule has 0 amide bonds. The summed E-state index contributed by atoms with van der Waals surface area (Å²) in [5.74, 6) is 0. The van der Waals surface area contributed by atoms with Gasteiger partial charge in [0.2, 0.25) is 0 Å². The quantitative estimate of drug-likeness (QED) is 0.418. The van der Waals surface area contributed by atoms with E-state index in [2.05, 4.69) is 32.8 Å². The van der Waals surface area contributed by atoms with Crippen molar-refractivity contribution in [2.75, 3.05) is 27.3 Å². The van der Waals surface area contributed by atoms with Crippen LogP contribution in [-0.2, 0) is 4.74 Å². The maximum Gasteiger partial charge on any atom is 0.0466 e. The van der Waals surface area contributed by atoms with Gasteiger partial charge in [0.15, 0.2) is 0 Å². The number of hydrogen-bond acceptors (Lipinski definition) is 2. The fourth-order valence-electron chi connectivity index (χ4n) is 2.56. The lowest BCUT2D eigenvalue weighted by atomic mass is 10.0. The second-order valence-electron chi connectivity index (χ2n) is 5.87. The van der Waals surface area contributed by atoms with E-state index in [1.807, 2.05) is 0 Å². The van der Waals surface area contributed by atoms with E-state index in [-0.39, 0.29) is 0 Å². The van der Waals surface area contributed by atoms with Gasteiger partial charge in [0, 0.05) is 19.3 Å². The topological polar surface area (TPSA) is 12.5 Å². The molecular weight excluding hydrogens is 234 g/mol. The van der Waals surface area contributed by atoms with Crippen LogP contribution in [0, 0.1) is 0 Å². The lowest BCUT2D eigenvalue weighted by Crippen LogP contribution is -2.28. The van der Waals surface area contributed by atoms with Crippen molar-refractivity contribution in [3.63, 3.8) is 0 Å². The Morgan fingerprint density at radius 2 is 1.37 bits per heavy atom. The van der Waals surface area contributed by atoms with Crippen molar-refractivity contribution in [2.45, 2.75) is 84.1 Å². The zero-order valence-electron chi connectivity index (χ0n) is 13.9. The molecule has 0 fully saturated rings. The molecule has 0 aliphatic rings. The summed E-state index contributed by atoms with van der Waals surface area (Å²) in [5.41, 5.74) is 0. The SMILES string of the molecule is CCCCCCCCCC(CCCOCC)N(C)C. The fraction of sp³-hybridized carbons (Fsp3) is 1.00. The summed E-state index contributed by atoms with van der Waals surface area (Å²) in [6.45, 7) is 6.13. The molecule has 116 valence electrons. The van der Waals surface area contributed by atoms with E-state index >= 15 is 0 Å². The standard InChI is InChI=1S/C17H37NO/c1-5-7-8-9-10-11-12-14-17(18(3)4)15-13-16-19-6-2/h17H,5-16H2,1-4H3. The molecule has 0 radical (unpaired) electrons. The van der Waals surface area contributed by atoms with Gasteiger partial charge in [-0.3, -0.25) is 0 Å². The van der Waals surface area contributed by atoms with Gasteiger partial charge in [-0.2, -0.15) is 0 Å². The first-order valence-electron chi connectivity index (χ1n) is 8.46. The Morgan fingerprint density at radius 3 is 1.95 bits per heavy atom. The van der Waals surface area contributed by atoms with Gasteiger partial charge in [0.1, 0.15) is 0 Å². The molecule has 1 unspecified atom stereocenters. The molecule has 0 aromatic carbocycles. The smallest absolute Gasteiger partial charge is 0.0466 e. The predicted molar refractivity (Wildman–Crippen MR) is 85.8 cm³/mol. The molecule has 0 aliphatic carbocycles. The molecule has 0 rings (SSSR count). The van der Waals surface area contributed by atoms with Crippen molar-refractivity contribution in [2.24, 2.45) is 0 Å². The summed E-state index contributed by atoms with van der Waals surface area (Å²) >= 11 is 0. The third-order valence-electron chi connectivity index (χ3n) is 3.90. The van der Waals surface area contributed by atoms with Crippen molar-refractivity contribution >= 4 is 0 Å². The lowest BCUT2D eigenvalue weighted by molar-refractivity contribution is 0.133. The molecule has 19 heavy (non-hydrogen) atoms. The van der Waals surface area contributed by atoms with Gasteiger partial charge in [0.25, 0.3) is 0 Å². The minimum atomic E-state index is 0.746. The van der Waals surface area contributed by atoms with Crippen LogP contribution in [0.4, 0.5) is 0 Å². The number of hydrogen-bond donors (Lipinski definition) is 0. The van der Waals surface area contributed by atoms with Crippen molar-refractivity contribution < 1.29 is 4.74 Å². The Kier molecular flexibility index (Phi) is 14.3. The third-order valence-corrected chi connectivity index (χ3v) is 3.90. The normalized spacial score (nSPS) is 13.1. The largest absolute Gasteiger partial charge is 0.382 e. The average Bonchev–Trinajstić information content (AvgIpc) is 2.39. The molecule has 0 saturated heterocycles. The highest BCUT2D eigenvalue weighted by Gasteiger charge is 2.10. The summed E-state index contributed by atoms with van der Waals surface area (Å²) in [7, 11) is 4.43. The van der Waals surface area contributed by atoms with Gasteiger partial charge in [-0.25, -0.2) is 0 Å². The molecular formula is C17H37NO. The average molecular weight is 271 g/mol. The Bertz CT molecular complexity index is 171. The summed E-state index contributed by atoms with van der Waals surface area (Å²) in [6.07, 6.45) is 13.7. The minimum Gasteiger partial charge on any atom is -0.382 e. The van der Waals surface area contributed by atoms with Crippen LogP contribution in [0.15, 0.2) is 0 Å². The first-order chi connectivity index (χ1) is 9.22. The van der Waals surface area contributed by atoms with E-state index in [9.17, 15) is 0 Å². The number of nitrogens with zero attached hydrogens (tertiary/aromatic N) is 1. The Morgan fingerprint density at radius 1 is 0.789 bits per heavy atom. The number of unbranched alkanes of at least 4 members (excludes halogenated alkanes) is 6. The van der Waals surface area contributed by atoms with Crippen LogP contribution in [0.2, 0.25) is 0 Å². The van der Waals surface area contributed by atoms with Gasteiger partial charge in [0.05, 0.1) is 0 Å². The van der Waals surface area contributed by atoms with Crippen LogP contribution in [0.1, 0.15) is 78.1 Å². The molecule has 0 spiro atoms. The van der Waals surface area contributed by atoms with E-state index < -0.39 is 0 Å². The zero-order chi connectivity index (χ0) is 14.3.